The summed E-state index contributed by atoms with van der Waals surface area (Å²) in [5, 5.41) is 9.57. The number of para-hydroxylation sites is 1. The summed E-state index contributed by atoms with van der Waals surface area (Å²) >= 11 is 9.10. The number of carbonyl (C=O) groups excluding carboxylic acids is 1. The molecule has 7 heteroatoms. The van der Waals surface area contributed by atoms with Gasteiger partial charge in [0.2, 0.25) is 5.91 Å². The van der Waals surface area contributed by atoms with Gasteiger partial charge in [0.05, 0.1) is 5.25 Å². The minimum atomic E-state index is -0.214. The highest BCUT2D eigenvalue weighted by molar-refractivity contribution is 14.1. The van der Waals surface area contributed by atoms with Gasteiger partial charge in [-0.15, -0.1) is 11.8 Å². The number of carbonyl (C=O) groups is 1. The molecule has 3 aromatic carbocycles. The topological polar surface area (TPSA) is 53.2 Å². The quantitative estimate of drug-likeness (QED) is 0.200. The molecule has 0 aromatic heterocycles. The van der Waals surface area contributed by atoms with Gasteiger partial charge in [-0.2, -0.15) is 0 Å². The van der Waals surface area contributed by atoms with Crippen LogP contribution in [0.1, 0.15) is 6.92 Å². The molecular weight excluding hydrogens is 513 g/mol. The van der Waals surface area contributed by atoms with Gasteiger partial charge >= 0.3 is 0 Å². The normalized spacial score (nSPS) is 11.4. The van der Waals surface area contributed by atoms with Crippen LogP contribution in [0.15, 0.2) is 83.8 Å². The van der Waals surface area contributed by atoms with E-state index in [4.69, 9.17) is 12.2 Å². The van der Waals surface area contributed by atoms with Crippen molar-refractivity contribution in [3.05, 3.63) is 82.4 Å². The maximum Gasteiger partial charge on any atom is 0.237 e. The smallest absolute Gasteiger partial charge is 0.237 e. The van der Waals surface area contributed by atoms with Crippen molar-refractivity contribution >= 4 is 74.7 Å². The molecular formula is C22H20IN3OS2. The zero-order valence-corrected chi connectivity index (χ0v) is 19.5. The molecule has 3 rings (SSSR count). The monoisotopic (exact) mass is 533 g/mol. The van der Waals surface area contributed by atoms with Gasteiger partial charge in [-0.05, 0) is 102 Å². The van der Waals surface area contributed by atoms with Crippen molar-refractivity contribution < 1.29 is 4.79 Å². The molecule has 3 aromatic rings. The zero-order chi connectivity index (χ0) is 20.6. The molecule has 0 saturated carbocycles. The second-order valence-electron chi connectivity index (χ2n) is 6.23. The predicted octanol–water partition coefficient (Wildman–Crippen LogP) is 6.22. The minimum absolute atomic E-state index is 0.0216. The summed E-state index contributed by atoms with van der Waals surface area (Å²) in [6.45, 7) is 1.90. The van der Waals surface area contributed by atoms with Crippen molar-refractivity contribution in [2.75, 3.05) is 16.0 Å². The number of anilines is 3. The van der Waals surface area contributed by atoms with Crippen LogP contribution in [0.2, 0.25) is 0 Å². The predicted molar refractivity (Wildman–Crippen MR) is 136 cm³/mol. The van der Waals surface area contributed by atoms with Gasteiger partial charge in [0.15, 0.2) is 5.11 Å². The van der Waals surface area contributed by atoms with Crippen LogP contribution >= 0.6 is 46.6 Å². The Kier molecular flexibility index (Phi) is 7.91. The van der Waals surface area contributed by atoms with Crippen LogP contribution in [0, 0.1) is 3.57 Å². The Labute approximate surface area is 194 Å². The molecule has 0 radical (unpaired) electrons. The summed E-state index contributed by atoms with van der Waals surface area (Å²) in [5.41, 5.74) is 2.63. The van der Waals surface area contributed by atoms with Crippen molar-refractivity contribution in [3.8, 4) is 0 Å². The van der Waals surface area contributed by atoms with Gasteiger partial charge in [0, 0.05) is 25.5 Å². The largest absolute Gasteiger partial charge is 0.332 e. The Balaban J connectivity index is 1.50. The van der Waals surface area contributed by atoms with Crippen molar-refractivity contribution in [2.24, 2.45) is 0 Å². The first-order valence-electron chi connectivity index (χ1n) is 8.96. The first-order valence-corrected chi connectivity index (χ1v) is 11.3. The molecule has 0 aliphatic carbocycles. The fourth-order valence-corrected chi connectivity index (χ4v) is 3.93. The van der Waals surface area contributed by atoms with Crippen LogP contribution in [0.3, 0.4) is 0 Å². The van der Waals surface area contributed by atoms with E-state index < -0.39 is 0 Å². The van der Waals surface area contributed by atoms with Crippen molar-refractivity contribution in [3.63, 3.8) is 0 Å². The third kappa shape index (κ3) is 7.02. The molecule has 1 unspecified atom stereocenters. The lowest BCUT2D eigenvalue weighted by Crippen LogP contribution is -2.22. The summed E-state index contributed by atoms with van der Waals surface area (Å²) in [4.78, 5) is 13.4. The standard InChI is InChI=1S/C22H20IN3OS2/c1-15(21(27)24-18-9-7-16(23)8-10-18)29-20-13-11-19(12-14-20)26-22(28)25-17-5-3-2-4-6-17/h2-15H,1H3,(H,24,27)(H2,25,26,28). The SMILES string of the molecule is CC(Sc1ccc(NC(=S)Nc2ccccc2)cc1)C(=O)Nc1ccc(I)cc1. The lowest BCUT2D eigenvalue weighted by molar-refractivity contribution is -0.115. The van der Waals surface area contributed by atoms with E-state index in [1.54, 1.807) is 0 Å². The fourth-order valence-electron chi connectivity index (χ4n) is 2.47. The number of thiocarbonyl (C=S) groups is 1. The molecule has 0 spiro atoms. The molecule has 3 N–H and O–H groups in total. The summed E-state index contributed by atoms with van der Waals surface area (Å²) in [6, 6.07) is 25.4. The van der Waals surface area contributed by atoms with Crippen LogP contribution in [-0.2, 0) is 4.79 Å². The average molecular weight is 533 g/mol. The van der Waals surface area contributed by atoms with Crippen LogP contribution < -0.4 is 16.0 Å². The average Bonchev–Trinajstić information content (AvgIpc) is 2.72. The second kappa shape index (κ2) is 10.6. The maximum atomic E-state index is 12.4. The fraction of sp³-hybridized carbons (Fsp3) is 0.0909. The Hall–Kier alpha value is -2.10. The van der Waals surface area contributed by atoms with E-state index in [1.807, 2.05) is 85.8 Å². The van der Waals surface area contributed by atoms with Crippen LogP contribution in [0.25, 0.3) is 0 Å². The molecule has 0 aliphatic heterocycles. The summed E-state index contributed by atoms with van der Waals surface area (Å²) in [7, 11) is 0. The van der Waals surface area contributed by atoms with Gasteiger partial charge in [0.25, 0.3) is 0 Å². The van der Waals surface area contributed by atoms with Crippen molar-refractivity contribution in [1.29, 1.82) is 0 Å². The summed E-state index contributed by atoms with van der Waals surface area (Å²) in [5.74, 6) is -0.0216. The molecule has 1 atom stereocenters. The highest BCUT2D eigenvalue weighted by atomic mass is 127. The van der Waals surface area contributed by atoms with E-state index in [0.717, 1.165) is 25.5 Å². The highest BCUT2D eigenvalue weighted by Crippen LogP contribution is 2.26. The number of hydrogen-bond acceptors (Lipinski definition) is 3. The van der Waals surface area contributed by atoms with E-state index >= 15 is 0 Å². The molecule has 4 nitrogen and oxygen atoms in total. The highest BCUT2D eigenvalue weighted by Gasteiger charge is 2.14. The molecule has 0 fully saturated rings. The number of nitrogens with one attached hydrogen (secondary N) is 3. The molecule has 0 bridgehead atoms. The summed E-state index contributed by atoms with van der Waals surface area (Å²) in [6.07, 6.45) is 0. The maximum absolute atomic E-state index is 12.4. The molecule has 1 amide bonds. The number of rotatable bonds is 6. The van der Waals surface area contributed by atoms with Gasteiger partial charge in [-0.25, -0.2) is 0 Å². The van der Waals surface area contributed by atoms with Crippen LogP contribution in [0.5, 0.6) is 0 Å². The Morgan fingerprint density at radius 1 is 0.828 bits per heavy atom. The van der Waals surface area contributed by atoms with Gasteiger partial charge in [0.1, 0.15) is 0 Å². The number of hydrogen-bond donors (Lipinski definition) is 3. The Morgan fingerprint density at radius 2 is 1.34 bits per heavy atom. The first kappa shape index (κ1) is 21.6. The van der Waals surface area contributed by atoms with E-state index in [-0.39, 0.29) is 11.2 Å². The summed E-state index contributed by atoms with van der Waals surface area (Å²) < 4.78 is 1.13. The van der Waals surface area contributed by atoms with Gasteiger partial charge < -0.3 is 16.0 Å². The third-order valence-corrected chi connectivity index (χ3v) is 5.97. The molecule has 148 valence electrons. The lowest BCUT2D eigenvalue weighted by atomic mass is 10.3. The lowest BCUT2D eigenvalue weighted by Gasteiger charge is -2.13. The van der Waals surface area contributed by atoms with Crippen molar-refractivity contribution in [2.45, 2.75) is 17.1 Å². The van der Waals surface area contributed by atoms with E-state index in [2.05, 4.69) is 38.5 Å². The number of thioether (sulfide) groups is 1. The molecule has 0 saturated heterocycles. The van der Waals surface area contributed by atoms with E-state index in [1.165, 1.54) is 11.8 Å². The van der Waals surface area contributed by atoms with Crippen LogP contribution in [0.4, 0.5) is 17.1 Å². The zero-order valence-electron chi connectivity index (χ0n) is 15.7. The van der Waals surface area contributed by atoms with Crippen molar-refractivity contribution in [1.82, 2.24) is 0 Å². The van der Waals surface area contributed by atoms with E-state index in [0.29, 0.717) is 5.11 Å². The number of benzene rings is 3. The Morgan fingerprint density at radius 3 is 1.97 bits per heavy atom. The number of halogens is 1. The Bertz CT molecular complexity index is 964. The van der Waals surface area contributed by atoms with E-state index in [9.17, 15) is 4.79 Å². The van der Waals surface area contributed by atoms with Crippen LogP contribution in [-0.4, -0.2) is 16.3 Å². The second-order valence-corrected chi connectivity index (χ2v) is 9.29. The third-order valence-electron chi connectivity index (χ3n) is 3.94. The first-order chi connectivity index (χ1) is 14.0. The molecule has 0 aliphatic rings. The molecule has 0 heterocycles. The van der Waals surface area contributed by atoms with Gasteiger partial charge in [-0.1, -0.05) is 18.2 Å². The van der Waals surface area contributed by atoms with Gasteiger partial charge in [-0.3, -0.25) is 4.79 Å². The molecule has 29 heavy (non-hydrogen) atoms. The number of amides is 1. The minimum Gasteiger partial charge on any atom is -0.332 e.